The molecule has 0 unspecified atom stereocenters. The molecule has 1 aliphatic heterocycles. The maximum atomic E-state index is 12.6. The van der Waals surface area contributed by atoms with E-state index >= 15 is 0 Å². The molecule has 2 aromatic rings. The fraction of sp³-hybridized carbons (Fsp3) is 0.222. The number of hydrogen-bond acceptors (Lipinski definition) is 5. The van der Waals surface area contributed by atoms with E-state index < -0.39 is 6.04 Å². The average molecular weight is 326 g/mol. The van der Waals surface area contributed by atoms with Crippen LogP contribution in [0.1, 0.15) is 6.42 Å². The molecule has 2 amide bonds. The SMILES string of the molecule is COc1ccc(N[C@@H]2CC(=O)N(c3cccc(OC)c3)C2=O)cc1. The Kier molecular flexibility index (Phi) is 4.37. The van der Waals surface area contributed by atoms with Crippen LogP contribution in [0.3, 0.4) is 0 Å². The van der Waals surface area contributed by atoms with Gasteiger partial charge in [-0.1, -0.05) is 6.07 Å². The van der Waals surface area contributed by atoms with E-state index in [2.05, 4.69) is 5.32 Å². The van der Waals surface area contributed by atoms with Gasteiger partial charge in [0, 0.05) is 11.8 Å². The minimum atomic E-state index is -0.586. The van der Waals surface area contributed by atoms with Gasteiger partial charge in [0.1, 0.15) is 17.5 Å². The summed E-state index contributed by atoms with van der Waals surface area (Å²) in [6.45, 7) is 0. The molecule has 6 heteroatoms. The van der Waals surface area contributed by atoms with Gasteiger partial charge >= 0.3 is 0 Å². The normalized spacial score (nSPS) is 17.1. The van der Waals surface area contributed by atoms with Gasteiger partial charge in [-0.2, -0.15) is 0 Å². The van der Waals surface area contributed by atoms with Crippen LogP contribution in [0.2, 0.25) is 0 Å². The summed E-state index contributed by atoms with van der Waals surface area (Å²) in [6, 6.07) is 13.5. The highest BCUT2D eigenvalue weighted by Crippen LogP contribution is 2.28. The molecular weight excluding hydrogens is 308 g/mol. The molecule has 24 heavy (non-hydrogen) atoms. The number of nitrogens with one attached hydrogen (secondary N) is 1. The first-order valence-electron chi connectivity index (χ1n) is 7.54. The number of nitrogens with zero attached hydrogens (tertiary/aromatic N) is 1. The van der Waals surface area contributed by atoms with Crippen LogP contribution in [0.4, 0.5) is 11.4 Å². The number of anilines is 2. The quantitative estimate of drug-likeness (QED) is 0.855. The molecule has 0 aromatic heterocycles. The van der Waals surface area contributed by atoms with Crippen LogP contribution < -0.4 is 19.7 Å². The number of ether oxygens (including phenoxy) is 2. The van der Waals surface area contributed by atoms with Crippen LogP contribution in [0.5, 0.6) is 11.5 Å². The number of amides is 2. The van der Waals surface area contributed by atoms with Crippen LogP contribution in [-0.2, 0) is 9.59 Å². The molecule has 124 valence electrons. The van der Waals surface area contributed by atoms with Gasteiger partial charge < -0.3 is 14.8 Å². The molecule has 1 heterocycles. The third-order valence-electron chi connectivity index (χ3n) is 3.89. The standard InChI is InChI=1S/C18H18N2O4/c1-23-14-8-6-12(7-9-14)19-16-11-17(21)20(18(16)22)13-4-3-5-15(10-13)24-2/h3-10,16,19H,11H2,1-2H3/t16-/m1/s1. The topological polar surface area (TPSA) is 67.9 Å². The highest BCUT2D eigenvalue weighted by molar-refractivity contribution is 6.23. The largest absolute Gasteiger partial charge is 0.497 e. The van der Waals surface area contributed by atoms with Gasteiger partial charge in [-0.25, -0.2) is 4.90 Å². The number of carbonyl (C=O) groups excluding carboxylic acids is 2. The van der Waals surface area contributed by atoms with Crippen molar-refractivity contribution in [1.82, 2.24) is 0 Å². The van der Waals surface area contributed by atoms with Gasteiger partial charge in [-0.3, -0.25) is 9.59 Å². The molecule has 1 atom stereocenters. The second-order valence-corrected chi connectivity index (χ2v) is 5.40. The zero-order valence-electron chi connectivity index (χ0n) is 13.5. The average Bonchev–Trinajstić information content (AvgIpc) is 2.89. The summed E-state index contributed by atoms with van der Waals surface area (Å²) in [5.74, 6) is 0.815. The van der Waals surface area contributed by atoms with Gasteiger partial charge in [0.15, 0.2) is 0 Å². The van der Waals surface area contributed by atoms with E-state index in [0.29, 0.717) is 11.4 Å². The Bertz CT molecular complexity index is 758. The van der Waals surface area contributed by atoms with Gasteiger partial charge in [-0.15, -0.1) is 0 Å². The predicted molar refractivity (Wildman–Crippen MR) is 90.5 cm³/mol. The molecule has 0 saturated carbocycles. The van der Waals surface area contributed by atoms with E-state index in [9.17, 15) is 9.59 Å². The molecule has 1 aliphatic rings. The van der Waals surface area contributed by atoms with Crippen LogP contribution in [0.15, 0.2) is 48.5 Å². The lowest BCUT2D eigenvalue weighted by Crippen LogP contribution is -2.34. The predicted octanol–water partition coefficient (Wildman–Crippen LogP) is 2.45. The number of rotatable bonds is 5. The number of benzene rings is 2. The first-order valence-corrected chi connectivity index (χ1v) is 7.54. The zero-order chi connectivity index (χ0) is 17.1. The van der Waals surface area contributed by atoms with Gasteiger partial charge in [0.05, 0.1) is 26.3 Å². The summed E-state index contributed by atoms with van der Waals surface area (Å²) in [7, 11) is 3.13. The minimum Gasteiger partial charge on any atom is -0.497 e. The highest BCUT2D eigenvalue weighted by atomic mass is 16.5. The van der Waals surface area contributed by atoms with Crippen molar-refractivity contribution in [1.29, 1.82) is 0 Å². The molecule has 0 radical (unpaired) electrons. The van der Waals surface area contributed by atoms with Crippen molar-refractivity contribution in [3.05, 3.63) is 48.5 Å². The second kappa shape index (κ2) is 6.62. The van der Waals surface area contributed by atoms with Crippen LogP contribution in [0, 0.1) is 0 Å². The van der Waals surface area contributed by atoms with Crippen molar-refractivity contribution in [3.63, 3.8) is 0 Å². The Labute approximate surface area is 140 Å². The van der Waals surface area contributed by atoms with E-state index in [0.717, 1.165) is 11.4 Å². The summed E-state index contributed by atoms with van der Waals surface area (Å²) >= 11 is 0. The smallest absolute Gasteiger partial charge is 0.256 e. The Hall–Kier alpha value is -3.02. The van der Waals surface area contributed by atoms with Crippen molar-refractivity contribution in [2.45, 2.75) is 12.5 Å². The molecule has 2 aromatic carbocycles. The van der Waals surface area contributed by atoms with E-state index in [1.54, 1.807) is 50.6 Å². The Morgan fingerprint density at radius 2 is 1.71 bits per heavy atom. The number of imide groups is 1. The van der Waals surface area contributed by atoms with Crippen LogP contribution in [-0.4, -0.2) is 32.1 Å². The van der Waals surface area contributed by atoms with E-state index in [1.807, 2.05) is 12.1 Å². The first-order chi connectivity index (χ1) is 11.6. The molecule has 1 saturated heterocycles. The molecular formula is C18H18N2O4. The molecule has 3 rings (SSSR count). The van der Waals surface area contributed by atoms with Crippen molar-refractivity contribution < 1.29 is 19.1 Å². The lowest BCUT2D eigenvalue weighted by atomic mass is 10.2. The van der Waals surface area contributed by atoms with Gasteiger partial charge in [-0.05, 0) is 36.4 Å². The third-order valence-corrected chi connectivity index (χ3v) is 3.89. The molecule has 0 aliphatic carbocycles. The highest BCUT2D eigenvalue weighted by Gasteiger charge is 2.39. The minimum absolute atomic E-state index is 0.113. The maximum absolute atomic E-state index is 12.6. The van der Waals surface area contributed by atoms with Crippen molar-refractivity contribution >= 4 is 23.2 Å². The second-order valence-electron chi connectivity index (χ2n) is 5.40. The summed E-state index contributed by atoms with van der Waals surface area (Å²) in [5.41, 5.74) is 1.28. The summed E-state index contributed by atoms with van der Waals surface area (Å²) in [4.78, 5) is 26.1. The van der Waals surface area contributed by atoms with E-state index in [1.165, 1.54) is 4.90 Å². The number of hydrogen-bond donors (Lipinski definition) is 1. The number of carbonyl (C=O) groups is 2. The zero-order valence-corrected chi connectivity index (χ0v) is 13.5. The molecule has 0 bridgehead atoms. The van der Waals surface area contributed by atoms with Crippen molar-refractivity contribution in [2.24, 2.45) is 0 Å². The third kappa shape index (κ3) is 3.03. The van der Waals surface area contributed by atoms with Gasteiger partial charge in [0.25, 0.3) is 5.91 Å². The Balaban J connectivity index is 1.77. The Morgan fingerprint density at radius 1 is 1.00 bits per heavy atom. The lowest BCUT2D eigenvalue weighted by Gasteiger charge is -2.17. The lowest BCUT2D eigenvalue weighted by molar-refractivity contribution is -0.121. The summed E-state index contributed by atoms with van der Waals surface area (Å²) < 4.78 is 10.3. The van der Waals surface area contributed by atoms with Gasteiger partial charge in [0.2, 0.25) is 5.91 Å². The first kappa shape index (κ1) is 15.9. The molecule has 0 spiro atoms. The molecule has 1 N–H and O–H groups in total. The van der Waals surface area contributed by atoms with E-state index in [4.69, 9.17) is 9.47 Å². The Morgan fingerprint density at radius 3 is 2.38 bits per heavy atom. The van der Waals surface area contributed by atoms with E-state index in [-0.39, 0.29) is 18.2 Å². The molecule has 1 fully saturated rings. The summed E-state index contributed by atoms with van der Waals surface area (Å²) in [6.07, 6.45) is 0.113. The van der Waals surface area contributed by atoms with Crippen molar-refractivity contribution in [3.8, 4) is 11.5 Å². The monoisotopic (exact) mass is 326 g/mol. The molecule has 6 nitrogen and oxygen atoms in total. The fourth-order valence-electron chi connectivity index (χ4n) is 2.65. The van der Waals surface area contributed by atoms with Crippen LogP contribution >= 0.6 is 0 Å². The number of methoxy groups -OCH3 is 2. The fourth-order valence-corrected chi connectivity index (χ4v) is 2.65. The summed E-state index contributed by atoms with van der Waals surface area (Å²) in [5, 5.41) is 3.10. The maximum Gasteiger partial charge on any atom is 0.256 e. The van der Waals surface area contributed by atoms with Crippen LogP contribution in [0.25, 0.3) is 0 Å². The van der Waals surface area contributed by atoms with Crippen molar-refractivity contribution in [2.75, 3.05) is 24.4 Å².